The van der Waals surface area contributed by atoms with Crippen molar-refractivity contribution in [3.8, 4) is 0 Å². The van der Waals surface area contributed by atoms with Gasteiger partial charge in [0.1, 0.15) is 0 Å². The summed E-state index contributed by atoms with van der Waals surface area (Å²) in [5.74, 6) is 0. The number of fused-ring (bicyclic) bond motifs is 1. The molecular formula is C15H22N2OS. The Labute approximate surface area is 118 Å². The molecule has 1 aromatic carbocycles. The first-order valence-corrected chi connectivity index (χ1v) is 7.84. The molecule has 1 N–H and O–H groups in total. The molecular weight excluding hydrogens is 256 g/mol. The number of thiazole rings is 1. The Bertz CT molecular complexity index is 581. The zero-order chi connectivity index (χ0) is 13.8. The quantitative estimate of drug-likeness (QED) is 0.873. The van der Waals surface area contributed by atoms with Gasteiger partial charge in [-0.25, -0.2) is 0 Å². The number of hydrogen-bond donors (Lipinski definition) is 1. The molecule has 19 heavy (non-hydrogen) atoms. The second kappa shape index (κ2) is 6.35. The molecule has 0 aliphatic carbocycles. The normalized spacial score (nSPS) is 13.3. The third kappa shape index (κ3) is 3.25. The molecule has 2 aromatic rings. The molecule has 0 aliphatic rings. The van der Waals surface area contributed by atoms with Crippen LogP contribution in [0, 0.1) is 0 Å². The van der Waals surface area contributed by atoms with Crippen molar-refractivity contribution in [2.24, 2.45) is 0 Å². The second-order valence-electron chi connectivity index (χ2n) is 4.98. The van der Waals surface area contributed by atoms with E-state index < -0.39 is 0 Å². The van der Waals surface area contributed by atoms with E-state index >= 15 is 0 Å². The lowest BCUT2D eigenvalue weighted by Gasteiger charge is -2.28. The van der Waals surface area contributed by atoms with Crippen LogP contribution in [0.15, 0.2) is 23.0 Å². The van der Waals surface area contributed by atoms with Crippen LogP contribution in [-0.4, -0.2) is 23.0 Å². The number of aromatic amines is 1. The van der Waals surface area contributed by atoms with E-state index in [2.05, 4.69) is 42.8 Å². The van der Waals surface area contributed by atoms with Crippen molar-refractivity contribution < 1.29 is 0 Å². The van der Waals surface area contributed by atoms with Crippen molar-refractivity contribution in [1.29, 1.82) is 0 Å². The zero-order valence-corrected chi connectivity index (χ0v) is 12.7. The van der Waals surface area contributed by atoms with Gasteiger partial charge in [-0.05, 0) is 50.6 Å². The van der Waals surface area contributed by atoms with Crippen LogP contribution in [0.3, 0.4) is 0 Å². The van der Waals surface area contributed by atoms with Crippen molar-refractivity contribution in [3.05, 3.63) is 33.4 Å². The fourth-order valence-electron chi connectivity index (χ4n) is 2.51. The number of H-pyrrole nitrogens is 1. The van der Waals surface area contributed by atoms with Gasteiger partial charge in [-0.3, -0.25) is 9.69 Å². The van der Waals surface area contributed by atoms with E-state index in [1.54, 1.807) is 0 Å². The zero-order valence-electron chi connectivity index (χ0n) is 11.9. The van der Waals surface area contributed by atoms with Crippen LogP contribution in [0.25, 0.3) is 10.2 Å². The monoisotopic (exact) mass is 278 g/mol. The fraction of sp³-hybridized carbons (Fsp3) is 0.533. The fourth-order valence-corrected chi connectivity index (χ4v) is 3.29. The van der Waals surface area contributed by atoms with E-state index in [0.29, 0.717) is 6.04 Å². The summed E-state index contributed by atoms with van der Waals surface area (Å²) in [5.41, 5.74) is 2.24. The number of benzene rings is 1. The minimum absolute atomic E-state index is 0.0266. The minimum atomic E-state index is 0.0266. The van der Waals surface area contributed by atoms with Crippen LogP contribution in [0.2, 0.25) is 0 Å². The highest BCUT2D eigenvalue weighted by atomic mass is 32.1. The van der Waals surface area contributed by atoms with Gasteiger partial charge in [0.25, 0.3) is 0 Å². The number of nitrogens with one attached hydrogen (secondary N) is 1. The van der Waals surface area contributed by atoms with Gasteiger partial charge in [0, 0.05) is 6.04 Å². The minimum Gasteiger partial charge on any atom is -0.312 e. The smallest absolute Gasteiger partial charge is 0.305 e. The van der Waals surface area contributed by atoms with Crippen molar-refractivity contribution in [2.45, 2.75) is 39.7 Å². The summed E-state index contributed by atoms with van der Waals surface area (Å²) in [5, 5.41) is 0. The standard InChI is InChI=1S/C15H22N2OS/c1-4-8-17(9-5-2)11(3)12-6-7-13-14(10-12)19-15(18)16-13/h6-7,10-11H,4-5,8-9H2,1-3H3,(H,16,18). The van der Waals surface area contributed by atoms with Crippen LogP contribution in [0.4, 0.5) is 0 Å². The second-order valence-corrected chi connectivity index (χ2v) is 6.00. The molecule has 0 fully saturated rings. The Hall–Kier alpha value is -1.13. The van der Waals surface area contributed by atoms with Gasteiger partial charge in [-0.1, -0.05) is 31.3 Å². The van der Waals surface area contributed by atoms with Crippen molar-refractivity contribution >= 4 is 21.6 Å². The van der Waals surface area contributed by atoms with E-state index in [1.165, 1.54) is 29.7 Å². The van der Waals surface area contributed by atoms with Crippen LogP contribution in [0.5, 0.6) is 0 Å². The average molecular weight is 278 g/mol. The van der Waals surface area contributed by atoms with Crippen LogP contribution in [-0.2, 0) is 0 Å². The lowest BCUT2D eigenvalue weighted by atomic mass is 10.1. The van der Waals surface area contributed by atoms with Gasteiger partial charge in [-0.15, -0.1) is 0 Å². The summed E-state index contributed by atoms with van der Waals surface area (Å²) in [7, 11) is 0. The SMILES string of the molecule is CCCN(CCC)C(C)c1ccc2[nH]c(=O)sc2c1. The van der Waals surface area contributed by atoms with E-state index in [-0.39, 0.29) is 4.87 Å². The summed E-state index contributed by atoms with van der Waals surface area (Å²) in [6.07, 6.45) is 2.34. The molecule has 0 radical (unpaired) electrons. The highest BCUT2D eigenvalue weighted by Crippen LogP contribution is 2.25. The van der Waals surface area contributed by atoms with E-state index in [0.717, 1.165) is 23.3 Å². The molecule has 0 amide bonds. The average Bonchev–Trinajstić information content (AvgIpc) is 2.76. The molecule has 1 unspecified atom stereocenters. The Morgan fingerprint density at radius 1 is 1.26 bits per heavy atom. The first-order valence-electron chi connectivity index (χ1n) is 7.02. The summed E-state index contributed by atoms with van der Waals surface area (Å²) in [6, 6.07) is 6.71. The number of aromatic nitrogens is 1. The maximum absolute atomic E-state index is 11.4. The molecule has 0 spiro atoms. The maximum Gasteiger partial charge on any atom is 0.305 e. The summed E-state index contributed by atoms with van der Waals surface area (Å²) in [4.78, 5) is 16.8. The van der Waals surface area contributed by atoms with Crippen molar-refractivity contribution in [3.63, 3.8) is 0 Å². The molecule has 1 atom stereocenters. The predicted molar refractivity (Wildman–Crippen MR) is 83.0 cm³/mol. The highest BCUT2D eigenvalue weighted by molar-refractivity contribution is 7.16. The van der Waals surface area contributed by atoms with Gasteiger partial charge < -0.3 is 4.98 Å². The lowest BCUT2D eigenvalue weighted by Crippen LogP contribution is -2.28. The molecule has 1 heterocycles. The maximum atomic E-state index is 11.4. The number of nitrogens with zero attached hydrogens (tertiary/aromatic N) is 1. The molecule has 2 rings (SSSR count). The van der Waals surface area contributed by atoms with Crippen molar-refractivity contribution in [1.82, 2.24) is 9.88 Å². The Morgan fingerprint density at radius 3 is 2.58 bits per heavy atom. The summed E-state index contributed by atoms with van der Waals surface area (Å²) in [6.45, 7) is 8.93. The molecule has 0 aliphatic heterocycles. The summed E-state index contributed by atoms with van der Waals surface area (Å²) < 4.78 is 1.06. The van der Waals surface area contributed by atoms with E-state index in [9.17, 15) is 4.79 Å². The van der Waals surface area contributed by atoms with Crippen LogP contribution >= 0.6 is 11.3 Å². The molecule has 4 heteroatoms. The largest absolute Gasteiger partial charge is 0.312 e. The number of hydrogen-bond acceptors (Lipinski definition) is 3. The number of rotatable bonds is 6. The predicted octanol–water partition coefficient (Wildman–Crippen LogP) is 3.77. The topological polar surface area (TPSA) is 36.1 Å². The first-order chi connectivity index (χ1) is 9.15. The van der Waals surface area contributed by atoms with Gasteiger partial charge in [0.05, 0.1) is 10.2 Å². The molecule has 3 nitrogen and oxygen atoms in total. The Kier molecular flexibility index (Phi) is 4.77. The molecule has 0 saturated carbocycles. The van der Waals surface area contributed by atoms with Gasteiger partial charge in [0.15, 0.2) is 0 Å². The van der Waals surface area contributed by atoms with E-state index in [4.69, 9.17) is 0 Å². The lowest BCUT2D eigenvalue weighted by molar-refractivity contribution is 0.211. The Morgan fingerprint density at radius 2 is 1.95 bits per heavy atom. The molecule has 0 saturated heterocycles. The van der Waals surface area contributed by atoms with Crippen LogP contribution < -0.4 is 4.87 Å². The molecule has 1 aromatic heterocycles. The Balaban J connectivity index is 2.28. The van der Waals surface area contributed by atoms with Crippen molar-refractivity contribution in [2.75, 3.05) is 13.1 Å². The van der Waals surface area contributed by atoms with Crippen LogP contribution in [0.1, 0.15) is 45.2 Å². The van der Waals surface area contributed by atoms with Gasteiger partial charge >= 0.3 is 4.87 Å². The third-order valence-corrected chi connectivity index (χ3v) is 4.34. The highest BCUT2D eigenvalue weighted by Gasteiger charge is 2.15. The molecule has 104 valence electrons. The van der Waals surface area contributed by atoms with E-state index in [1.807, 2.05) is 6.07 Å². The molecule has 0 bridgehead atoms. The first kappa shape index (κ1) is 14.3. The van der Waals surface area contributed by atoms with Gasteiger partial charge in [-0.2, -0.15) is 0 Å². The van der Waals surface area contributed by atoms with Gasteiger partial charge in [0.2, 0.25) is 0 Å². The third-order valence-electron chi connectivity index (χ3n) is 3.50. The summed E-state index contributed by atoms with van der Waals surface area (Å²) >= 11 is 1.29.